The zero-order chi connectivity index (χ0) is 34.1. The largest absolute Gasteiger partial charge is 0.495 e. The molecule has 47 heavy (non-hydrogen) atoms. The molecule has 1 N–H and O–H groups in total. The van der Waals surface area contributed by atoms with Gasteiger partial charge in [0.25, 0.3) is 10.0 Å². The van der Waals surface area contributed by atoms with Gasteiger partial charge in [0.05, 0.1) is 17.7 Å². The number of hydrogen-bond donors (Lipinski definition) is 1. The number of rotatable bonds is 14. The van der Waals surface area contributed by atoms with Crippen LogP contribution in [0, 0.1) is 6.92 Å². The van der Waals surface area contributed by atoms with Crippen molar-refractivity contribution in [2.75, 3.05) is 18.0 Å². The van der Waals surface area contributed by atoms with E-state index < -0.39 is 28.5 Å². The number of sulfonamides is 1. The number of methoxy groups -OCH3 is 1. The molecule has 0 spiro atoms. The van der Waals surface area contributed by atoms with Crippen LogP contribution in [0.3, 0.4) is 0 Å². The molecule has 4 aromatic carbocycles. The van der Waals surface area contributed by atoms with E-state index in [1.54, 1.807) is 24.3 Å². The summed E-state index contributed by atoms with van der Waals surface area (Å²) >= 11 is 9.88. The fourth-order valence-corrected chi connectivity index (χ4v) is 7.07. The molecule has 0 aliphatic heterocycles. The Morgan fingerprint density at radius 2 is 1.62 bits per heavy atom. The summed E-state index contributed by atoms with van der Waals surface area (Å²) in [6.07, 6.45) is 0.911. The summed E-state index contributed by atoms with van der Waals surface area (Å²) in [6, 6.07) is 26.7. The maximum atomic E-state index is 14.7. The predicted octanol–water partition coefficient (Wildman–Crippen LogP) is 7.17. The molecule has 0 saturated heterocycles. The molecular weight excluding hydrogens is 702 g/mol. The predicted molar refractivity (Wildman–Crippen MR) is 190 cm³/mol. The Hall–Kier alpha value is -3.86. The molecule has 4 aromatic rings. The van der Waals surface area contributed by atoms with E-state index in [-0.39, 0.29) is 46.3 Å². The smallest absolute Gasteiger partial charge is 0.264 e. The number of halogens is 2. The van der Waals surface area contributed by atoms with E-state index in [1.165, 1.54) is 30.2 Å². The molecule has 2 amide bonds. The lowest BCUT2D eigenvalue weighted by Crippen LogP contribution is -2.54. The lowest BCUT2D eigenvalue weighted by Gasteiger charge is -2.34. The molecule has 0 fully saturated rings. The summed E-state index contributed by atoms with van der Waals surface area (Å²) in [5.41, 5.74) is 2.59. The third-order valence-electron chi connectivity index (χ3n) is 7.81. The van der Waals surface area contributed by atoms with Crippen LogP contribution in [0.25, 0.3) is 0 Å². The van der Waals surface area contributed by atoms with Crippen LogP contribution in [0.15, 0.2) is 106 Å². The summed E-state index contributed by atoms with van der Waals surface area (Å²) in [7, 11) is -2.90. The molecule has 0 aliphatic rings. The lowest BCUT2D eigenvalue weighted by molar-refractivity contribution is -0.140. The van der Waals surface area contributed by atoms with Gasteiger partial charge in [-0.2, -0.15) is 0 Å². The first-order chi connectivity index (χ1) is 22.4. The fourth-order valence-electron chi connectivity index (χ4n) is 5.04. The third kappa shape index (κ3) is 9.37. The summed E-state index contributed by atoms with van der Waals surface area (Å²) in [4.78, 5) is 30.1. The Kier molecular flexibility index (Phi) is 12.5. The molecule has 0 bridgehead atoms. The van der Waals surface area contributed by atoms with Gasteiger partial charge in [-0.25, -0.2) is 8.42 Å². The normalized spacial score (nSPS) is 12.6. The van der Waals surface area contributed by atoms with Gasteiger partial charge in [-0.05, 0) is 73.9 Å². The average Bonchev–Trinajstić information content (AvgIpc) is 3.05. The summed E-state index contributed by atoms with van der Waals surface area (Å²) in [5, 5.41) is 3.31. The number of nitrogens with one attached hydrogen (secondary N) is 1. The Bertz CT molecular complexity index is 1790. The Labute approximate surface area is 290 Å². The third-order valence-corrected chi connectivity index (χ3v) is 10.3. The van der Waals surface area contributed by atoms with Crippen molar-refractivity contribution in [3.63, 3.8) is 0 Å². The van der Waals surface area contributed by atoms with Crippen LogP contribution in [0.1, 0.15) is 37.0 Å². The number of hydrogen-bond acceptors (Lipinski definition) is 5. The van der Waals surface area contributed by atoms with Gasteiger partial charge in [-0.15, -0.1) is 0 Å². The van der Waals surface area contributed by atoms with E-state index in [1.807, 2.05) is 75.4 Å². The average molecular weight is 741 g/mol. The number of benzene rings is 4. The van der Waals surface area contributed by atoms with Crippen LogP contribution in [0.2, 0.25) is 5.02 Å². The van der Waals surface area contributed by atoms with Gasteiger partial charge in [0.15, 0.2) is 0 Å². The molecule has 0 saturated carbocycles. The van der Waals surface area contributed by atoms with Crippen molar-refractivity contribution in [3.8, 4) is 5.75 Å². The molecule has 0 aromatic heterocycles. The molecule has 2 atom stereocenters. The highest BCUT2D eigenvalue weighted by Gasteiger charge is 2.36. The highest BCUT2D eigenvalue weighted by molar-refractivity contribution is 9.10. The Morgan fingerprint density at radius 3 is 2.26 bits per heavy atom. The van der Waals surface area contributed by atoms with Crippen molar-refractivity contribution in [3.05, 3.63) is 123 Å². The molecule has 11 heteroatoms. The van der Waals surface area contributed by atoms with Crippen LogP contribution in [-0.4, -0.2) is 50.9 Å². The monoisotopic (exact) mass is 739 g/mol. The molecular formula is C36H39BrClN3O5S. The minimum atomic E-state index is -4.32. The fraction of sp³-hybridized carbons (Fsp3) is 0.278. The number of ether oxygens (including phenoxy) is 1. The van der Waals surface area contributed by atoms with Gasteiger partial charge in [0.1, 0.15) is 18.3 Å². The maximum Gasteiger partial charge on any atom is 0.264 e. The first-order valence-electron chi connectivity index (χ1n) is 15.2. The molecule has 8 nitrogen and oxygen atoms in total. The van der Waals surface area contributed by atoms with Crippen molar-refractivity contribution >= 4 is 55.1 Å². The van der Waals surface area contributed by atoms with E-state index in [0.717, 1.165) is 25.5 Å². The van der Waals surface area contributed by atoms with Crippen LogP contribution in [0.5, 0.6) is 5.75 Å². The Morgan fingerprint density at radius 1 is 0.936 bits per heavy atom. The van der Waals surface area contributed by atoms with Crippen molar-refractivity contribution < 1.29 is 22.7 Å². The second-order valence-corrected chi connectivity index (χ2v) is 14.5. The van der Waals surface area contributed by atoms with E-state index in [9.17, 15) is 18.0 Å². The van der Waals surface area contributed by atoms with Crippen LogP contribution >= 0.6 is 27.5 Å². The number of amides is 2. The molecule has 248 valence electrons. The van der Waals surface area contributed by atoms with Crippen LogP contribution in [0.4, 0.5) is 5.69 Å². The zero-order valence-electron chi connectivity index (χ0n) is 26.8. The minimum absolute atomic E-state index is 0.00758. The minimum Gasteiger partial charge on any atom is -0.495 e. The quantitative estimate of drug-likeness (QED) is 0.148. The Balaban J connectivity index is 1.86. The zero-order valence-corrected chi connectivity index (χ0v) is 30.0. The maximum absolute atomic E-state index is 14.7. The summed E-state index contributed by atoms with van der Waals surface area (Å²) in [5.74, 6) is -0.700. The van der Waals surface area contributed by atoms with Crippen molar-refractivity contribution in [2.24, 2.45) is 0 Å². The van der Waals surface area contributed by atoms with Gasteiger partial charge < -0.3 is 15.0 Å². The van der Waals surface area contributed by atoms with Gasteiger partial charge >= 0.3 is 0 Å². The van der Waals surface area contributed by atoms with E-state index in [0.29, 0.717) is 6.42 Å². The summed E-state index contributed by atoms with van der Waals surface area (Å²) in [6.45, 7) is 5.15. The molecule has 0 radical (unpaired) electrons. The van der Waals surface area contributed by atoms with Gasteiger partial charge in [0.2, 0.25) is 11.8 Å². The first kappa shape index (κ1) is 36.0. The highest BCUT2D eigenvalue weighted by atomic mass is 79.9. The van der Waals surface area contributed by atoms with Crippen molar-refractivity contribution in [1.29, 1.82) is 0 Å². The number of anilines is 1. The molecule has 2 unspecified atom stereocenters. The van der Waals surface area contributed by atoms with Crippen LogP contribution < -0.4 is 14.4 Å². The number of carbonyl (C=O) groups is 2. The topological polar surface area (TPSA) is 96.0 Å². The first-order valence-corrected chi connectivity index (χ1v) is 17.8. The van der Waals surface area contributed by atoms with Gasteiger partial charge in [0, 0.05) is 28.5 Å². The van der Waals surface area contributed by atoms with E-state index >= 15 is 0 Å². The molecule has 0 aliphatic carbocycles. The van der Waals surface area contributed by atoms with Gasteiger partial charge in [-0.1, -0.05) is 94.6 Å². The second kappa shape index (κ2) is 16.3. The highest BCUT2D eigenvalue weighted by Crippen LogP contribution is 2.35. The number of carbonyl (C=O) groups excluding carboxylic acids is 2. The standard InChI is InChI=1S/C36H39BrClN3O5S/c1-5-26(3)39-36(43)33(21-27-10-7-6-8-11-27)40(23-28-12-9-13-29(37)20-28)35(42)24-41(32-22-30(38)16-19-34(32)46-4)47(44,45)31-17-14-25(2)15-18-31/h6-20,22,26,33H,5,21,23-24H2,1-4H3,(H,39,43). The van der Waals surface area contributed by atoms with Gasteiger partial charge in [-0.3, -0.25) is 13.9 Å². The van der Waals surface area contributed by atoms with E-state index in [2.05, 4.69) is 21.2 Å². The van der Waals surface area contributed by atoms with Crippen molar-refractivity contribution in [1.82, 2.24) is 10.2 Å². The van der Waals surface area contributed by atoms with E-state index in [4.69, 9.17) is 16.3 Å². The second-order valence-electron chi connectivity index (χ2n) is 11.3. The number of aryl methyl sites for hydroxylation is 1. The lowest BCUT2D eigenvalue weighted by atomic mass is 10.0. The molecule has 4 rings (SSSR count). The summed E-state index contributed by atoms with van der Waals surface area (Å²) < 4.78 is 36.0. The van der Waals surface area contributed by atoms with Crippen LogP contribution in [-0.2, 0) is 32.6 Å². The van der Waals surface area contributed by atoms with Crippen molar-refractivity contribution in [2.45, 2.75) is 57.1 Å². The number of nitrogens with zero attached hydrogens (tertiary/aromatic N) is 2. The molecule has 0 heterocycles. The SMILES string of the molecule is CCC(C)NC(=O)C(Cc1ccccc1)N(Cc1cccc(Br)c1)C(=O)CN(c1cc(Cl)ccc1OC)S(=O)(=O)c1ccc(C)cc1.